The highest BCUT2D eigenvalue weighted by molar-refractivity contribution is 5.51. The minimum atomic E-state index is 0.462. The van der Waals surface area contributed by atoms with Gasteiger partial charge in [-0.25, -0.2) is 0 Å². The molecular weight excluding hydrogens is 186 g/mol. The van der Waals surface area contributed by atoms with Gasteiger partial charge in [-0.1, -0.05) is 26.7 Å². The summed E-state index contributed by atoms with van der Waals surface area (Å²) in [6.45, 7) is 6.66. The summed E-state index contributed by atoms with van der Waals surface area (Å²) < 4.78 is 0. The van der Waals surface area contributed by atoms with Crippen LogP contribution in [-0.2, 0) is 0 Å². The van der Waals surface area contributed by atoms with Crippen molar-refractivity contribution in [2.45, 2.75) is 39.7 Å². The van der Waals surface area contributed by atoms with Gasteiger partial charge in [0.15, 0.2) is 0 Å². The number of rotatable bonds is 5. The van der Waals surface area contributed by atoms with Crippen LogP contribution >= 0.6 is 0 Å². The molecule has 1 aromatic rings. The Kier molecular flexibility index (Phi) is 4.40. The average molecular weight is 207 g/mol. The molecule has 0 saturated carbocycles. The van der Waals surface area contributed by atoms with E-state index in [2.05, 4.69) is 31.1 Å². The van der Waals surface area contributed by atoms with E-state index in [4.69, 9.17) is 5.73 Å². The fourth-order valence-corrected chi connectivity index (χ4v) is 1.91. The van der Waals surface area contributed by atoms with E-state index in [0.29, 0.717) is 17.6 Å². The van der Waals surface area contributed by atoms with Crippen molar-refractivity contribution in [1.29, 1.82) is 0 Å². The molecule has 0 saturated heterocycles. The molecule has 0 aromatic carbocycles. The third-order valence-corrected chi connectivity index (χ3v) is 2.91. The minimum Gasteiger partial charge on any atom is -0.397 e. The van der Waals surface area contributed by atoms with Crippen molar-refractivity contribution in [2.75, 3.05) is 11.1 Å². The molecule has 1 atom stereocenters. The fraction of sp³-hybridized carbons (Fsp3) is 0.583. The molecule has 0 aliphatic heterocycles. The van der Waals surface area contributed by atoms with Crippen LogP contribution < -0.4 is 11.1 Å². The van der Waals surface area contributed by atoms with Crippen LogP contribution in [-0.4, -0.2) is 11.0 Å². The van der Waals surface area contributed by atoms with Crippen LogP contribution in [0.1, 0.15) is 33.6 Å². The molecule has 0 amide bonds. The van der Waals surface area contributed by atoms with Gasteiger partial charge in [0, 0.05) is 12.2 Å². The lowest BCUT2D eigenvalue weighted by atomic mass is 9.95. The molecular formula is C12H21N3. The Bertz CT molecular complexity index is 295. The maximum absolute atomic E-state index is 5.67. The summed E-state index contributed by atoms with van der Waals surface area (Å²) in [5.74, 6) is 0.700. The maximum Gasteiger partial charge on any atom is 0.0549 e. The second-order valence-corrected chi connectivity index (χ2v) is 4.02. The highest BCUT2D eigenvalue weighted by Crippen LogP contribution is 2.18. The smallest absolute Gasteiger partial charge is 0.0549 e. The second kappa shape index (κ2) is 5.59. The normalized spacial score (nSPS) is 12.8. The third kappa shape index (κ3) is 3.42. The molecule has 0 spiro atoms. The van der Waals surface area contributed by atoms with E-state index < -0.39 is 0 Å². The Labute approximate surface area is 92.1 Å². The number of hydrogen-bond donors (Lipinski definition) is 2. The second-order valence-electron chi connectivity index (χ2n) is 4.02. The SMILES string of the molecule is CCC(CC)C(C)Nc1cncc(N)c1. The monoisotopic (exact) mass is 207 g/mol. The quantitative estimate of drug-likeness (QED) is 0.780. The van der Waals surface area contributed by atoms with Crippen LogP contribution in [0.15, 0.2) is 18.5 Å². The van der Waals surface area contributed by atoms with Crippen LogP contribution in [0.25, 0.3) is 0 Å². The first-order valence-electron chi connectivity index (χ1n) is 5.64. The molecule has 0 fully saturated rings. The summed E-state index contributed by atoms with van der Waals surface area (Å²) >= 11 is 0. The number of aromatic nitrogens is 1. The topological polar surface area (TPSA) is 50.9 Å². The Balaban J connectivity index is 2.61. The predicted octanol–water partition coefficient (Wildman–Crippen LogP) is 2.90. The van der Waals surface area contributed by atoms with Crippen molar-refractivity contribution in [3.63, 3.8) is 0 Å². The van der Waals surface area contributed by atoms with Crippen LogP contribution in [0.4, 0.5) is 11.4 Å². The Morgan fingerprint density at radius 2 is 2.00 bits per heavy atom. The van der Waals surface area contributed by atoms with Crippen LogP contribution in [0.2, 0.25) is 0 Å². The Morgan fingerprint density at radius 1 is 1.33 bits per heavy atom. The zero-order valence-corrected chi connectivity index (χ0v) is 9.83. The number of pyridine rings is 1. The van der Waals surface area contributed by atoms with Crippen LogP contribution in [0.3, 0.4) is 0 Å². The number of nitrogens with zero attached hydrogens (tertiary/aromatic N) is 1. The number of anilines is 2. The van der Waals surface area contributed by atoms with Crippen molar-refractivity contribution < 1.29 is 0 Å². The van der Waals surface area contributed by atoms with Crippen molar-refractivity contribution in [2.24, 2.45) is 5.92 Å². The van der Waals surface area contributed by atoms with Crippen molar-refractivity contribution >= 4 is 11.4 Å². The van der Waals surface area contributed by atoms with E-state index in [1.54, 1.807) is 6.20 Å². The van der Waals surface area contributed by atoms with Gasteiger partial charge in [0.25, 0.3) is 0 Å². The van der Waals surface area contributed by atoms with Crippen molar-refractivity contribution in [1.82, 2.24) is 4.98 Å². The molecule has 3 nitrogen and oxygen atoms in total. The summed E-state index contributed by atoms with van der Waals surface area (Å²) in [6, 6.07) is 2.38. The van der Waals surface area contributed by atoms with Gasteiger partial charge in [0.2, 0.25) is 0 Å². The van der Waals surface area contributed by atoms with Gasteiger partial charge in [0.05, 0.1) is 17.6 Å². The predicted molar refractivity (Wildman–Crippen MR) is 65.8 cm³/mol. The average Bonchev–Trinajstić information content (AvgIpc) is 2.19. The molecule has 1 aromatic heterocycles. The number of nitrogens with one attached hydrogen (secondary N) is 1. The standard InChI is InChI=1S/C12H21N3/c1-4-10(5-2)9(3)15-12-6-11(13)7-14-8-12/h6-10,15H,4-5,13H2,1-3H3. The lowest BCUT2D eigenvalue weighted by Gasteiger charge is -2.23. The highest BCUT2D eigenvalue weighted by Gasteiger charge is 2.12. The van der Waals surface area contributed by atoms with E-state index in [1.165, 1.54) is 12.8 Å². The van der Waals surface area contributed by atoms with Crippen LogP contribution in [0, 0.1) is 5.92 Å². The van der Waals surface area contributed by atoms with Gasteiger partial charge in [-0.15, -0.1) is 0 Å². The molecule has 0 aliphatic rings. The molecule has 15 heavy (non-hydrogen) atoms. The van der Waals surface area contributed by atoms with Gasteiger partial charge in [-0.3, -0.25) is 4.98 Å². The Hall–Kier alpha value is -1.25. The van der Waals surface area contributed by atoms with Gasteiger partial charge in [-0.05, 0) is 18.9 Å². The summed E-state index contributed by atoms with van der Waals surface area (Å²) in [5, 5.41) is 3.44. The highest BCUT2D eigenvalue weighted by atomic mass is 14.9. The summed E-state index contributed by atoms with van der Waals surface area (Å²) in [4.78, 5) is 4.06. The van der Waals surface area contributed by atoms with E-state index in [0.717, 1.165) is 5.69 Å². The molecule has 0 aliphatic carbocycles. The van der Waals surface area contributed by atoms with Crippen LogP contribution in [0.5, 0.6) is 0 Å². The zero-order chi connectivity index (χ0) is 11.3. The molecule has 1 rings (SSSR count). The van der Waals surface area contributed by atoms with E-state index in [9.17, 15) is 0 Å². The Morgan fingerprint density at radius 3 is 2.53 bits per heavy atom. The molecule has 0 bridgehead atoms. The molecule has 1 unspecified atom stereocenters. The number of nitrogens with two attached hydrogens (primary N) is 1. The van der Waals surface area contributed by atoms with Gasteiger partial charge in [-0.2, -0.15) is 0 Å². The molecule has 1 heterocycles. The summed E-state index contributed by atoms with van der Waals surface area (Å²) in [6.07, 6.45) is 5.86. The number of hydrogen-bond acceptors (Lipinski definition) is 3. The first-order chi connectivity index (χ1) is 7.17. The van der Waals surface area contributed by atoms with E-state index >= 15 is 0 Å². The van der Waals surface area contributed by atoms with Gasteiger partial charge < -0.3 is 11.1 Å². The molecule has 3 N–H and O–H groups in total. The largest absolute Gasteiger partial charge is 0.397 e. The minimum absolute atomic E-state index is 0.462. The summed E-state index contributed by atoms with van der Waals surface area (Å²) in [5.41, 5.74) is 7.39. The van der Waals surface area contributed by atoms with Gasteiger partial charge in [0.1, 0.15) is 0 Å². The van der Waals surface area contributed by atoms with Gasteiger partial charge >= 0.3 is 0 Å². The first kappa shape index (κ1) is 11.8. The number of nitrogen functional groups attached to an aromatic ring is 1. The van der Waals surface area contributed by atoms with Crippen molar-refractivity contribution in [3.8, 4) is 0 Å². The fourth-order valence-electron chi connectivity index (χ4n) is 1.91. The van der Waals surface area contributed by atoms with E-state index in [1.807, 2.05) is 12.3 Å². The molecule has 84 valence electrons. The summed E-state index contributed by atoms with van der Waals surface area (Å²) in [7, 11) is 0. The lowest BCUT2D eigenvalue weighted by molar-refractivity contribution is 0.438. The third-order valence-electron chi connectivity index (χ3n) is 2.91. The van der Waals surface area contributed by atoms with Crippen molar-refractivity contribution in [3.05, 3.63) is 18.5 Å². The zero-order valence-electron chi connectivity index (χ0n) is 9.83. The molecule has 3 heteroatoms. The molecule has 0 radical (unpaired) electrons. The maximum atomic E-state index is 5.67. The van der Waals surface area contributed by atoms with E-state index in [-0.39, 0.29) is 0 Å². The first-order valence-corrected chi connectivity index (χ1v) is 5.64. The lowest BCUT2D eigenvalue weighted by Crippen LogP contribution is -2.25.